The Labute approximate surface area is 130 Å². The summed E-state index contributed by atoms with van der Waals surface area (Å²) in [4.78, 5) is 0. The molecule has 0 bridgehead atoms. The van der Waals surface area contributed by atoms with Crippen molar-refractivity contribution in [1.82, 2.24) is 20.4 Å². The largest absolute Gasteiger partial charge is 0.420 e. The molecule has 0 atom stereocenters. The molecule has 0 saturated carbocycles. The standard InChI is InChI=1S/C14H13FN4O2S/c1-2-3-11-16-19-14(21-11)22-8-12-17-18-13(20-12)9-4-6-10(15)7-5-9/h4-7H,2-3,8H2,1H3. The summed E-state index contributed by atoms with van der Waals surface area (Å²) in [5.74, 6) is 1.55. The normalized spacial score (nSPS) is 11.0. The Morgan fingerprint density at radius 1 is 1.00 bits per heavy atom. The first-order valence-electron chi connectivity index (χ1n) is 6.78. The summed E-state index contributed by atoms with van der Waals surface area (Å²) in [6, 6.07) is 5.88. The van der Waals surface area contributed by atoms with Gasteiger partial charge in [0.15, 0.2) is 0 Å². The zero-order valence-corrected chi connectivity index (χ0v) is 12.6. The number of hydrogen-bond donors (Lipinski definition) is 0. The Morgan fingerprint density at radius 2 is 1.77 bits per heavy atom. The Morgan fingerprint density at radius 3 is 2.55 bits per heavy atom. The number of halogens is 1. The van der Waals surface area contributed by atoms with Gasteiger partial charge in [0.25, 0.3) is 5.22 Å². The monoisotopic (exact) mass is 320 g/mol. The van der Waals surface area contributed by atoms with Crippen LogP contribution in [0.3, 0.4) is 0 Å². The number of nitrogens with zero attached hydrogens (tertiary/aromatic N) is 4. The fourth-order valence-electron chi connectivity index (χ4n) is 1.76. The van der Waals surface area contributed by atoms with E-state index in [4.69, 9.17) is 8.83 Å². The quantitative estimate of drug-likeness (QED) is 0.643. The van der Waals surface area contributed by atoms with E-state index in [2.05, 4.69) is 20.4 Å². The van der Waals surface area contributed by atoms with Gasteiger partial charge in [-0.15, -0.1) is 20.4 Å². The van der Waals surface area contributed by atoms with Gasteiger partial charge in [0, 0.05) is 12.0 Å². The van der Waals surface area contributed by atoms with E-state index in [-0.39, 0.29) is 5.82 Å². The zero-order valence-electron chi connectivity index (χ0n) is 11.8. The van der Waals surface area contributed by atoms with Crippen molar-refractivity contribution in [3.05, 3.63) is 41.9 Å². The number of thioether (sulfide) groups is 1. The van der Waals surface area contributed by atoms with E-state index in [1.54, 1.807) is 12.1 Å². The van der Waals surface area contributed by atoms with Gasteiger partial charge in [0.05, 0.1) is 5.75 Å². The molecule has 22 heavy (non-hydrogen) atoms. The Kier molecular flexibility index (Phi) is 4.47. The second kappa shape index (κ2) is 6.69. The van der Waals surface area contributed by atoms with Crippen LogP contribution in [-0.2, 0) is 12.2 Å². The van der Waals surface area contributed by atoms with E-state index in [1.807, 2.05) is 6.92 Å². The second-order valence-corrected chi connectivity index (χ2v) is 5.43. The van der Waals surface area contributed by atoms with Gasteiger partial charge in [-0.2, -0.15) is 0 Å². The van der Waals surface area contributed by atoms with Crippen LogP contribution in [0.5, 0.6) is 0 Å². The zero-order chi connectivity index (χ0) is 15.4. The first-order valence-corrected chi connectivity index (χ1v) is 7.76. The highest BCUT2D eigenvalue weighted by molar-refractivity contribution is 7.98. The molecule has 114 valence electrons. The molecule has 0 spiro atoms. The number of aryl methyl sites for hydroxylation is 1. The maximum atomic E-state index is 12.9. The van der Waals surface area contributed by atoms with Crippen molar-refractivity contribution in [2.45, 2.75) is 30.7 Å². The lowest BCUT2D eigenvalue weighted by Crippen LogP contribution is -1.80. The fraction of sp³-hybridized carbons (Fsp3) is 0.286. The minimum Gasteiger partial charge on any atom is -0.420 e. The maximum Gasteiger partial charge on any atom is 0.277 e. The number of benzene rings is 1. The smallest absolute Gasteiger partial charge is 0.277 e. The van der Waals surface area contributed by atoms with Crippen molar-refractivity contribution < 1.29 is 13.2 Å². The average Bonchev–Trinajstić information content (AvgIpc) is 3.16. The van der Waals surface area contributed by atoms with Crippen molar-refractivity contribution in [3.63, 3.8) is 0 Å². The first-order chi connectivity index (χ1) is 10.7. The van der Waals surface area contributed by atoms with Gasteiger partial charge in [0.1, 0.15) is 5.82 Å². The minimum atomic E-state index is -0.307. The van der Waals surface area contributed by atoms with E-state index in [0.29, 0.717) is 34.2 Å². The molecule has 0 amide bonds. The van der Waals surface area contributed by atoms with Crippen molar-refractivity contribution in [1.29, 1.82) is 0 Å². The molecular weight excluding hydrogens is 307 g/mol. The third kappa shape index (κ3) is 3.51. The molecule has 3 rings (SSSR count). The molecule has 0 saturated heterocycles. The molecule has 8 heteroatoms. The topological polar surface area (TPSA) is 77.8 Å². The third-order valence-electron chi connectivity index (χ3n) is 2.79. The van der Waals surface area contributed by atoms with E-state index >= 15 is 0 Å². The molecule has 0 fully saturated rings. The van der Waals surface area contributed by atoms with Crippen LogP contribution in [0, 0.1) is 5.82 Å². The molecule has 0 aliphatic carbocycles. The molecule has 1 aromatic carbocycles. The molecule has 6 nitrogen and oxygen atoms in total. The summed E-state index contributed by atoms with van der Waals surface area (Å²) < 4.78 is 23.9. The minimum absolute atomic E-state index is 0.307. The van der Waals surface area contributed by atoms with Crippen molar-refractivity contribution in [2.75, 3.05) is 0 Å². The summed E-state index contributed by atoms with van der Waals surface area (Å²) in [7, 11) is 0. The first kappa shape index (κ1) is 14.7. The van der Waals surface area contributed by atoms with Gasteiger partial charge in [-0.3, -0.25) is 0 Å². The molecule has 0 radical (unpaired) electrons. The van der Waals surface area contributed by atoms with Crippen LogP contribution < -0.4 is 0 Å². The summed E-state index contributed by atoms with van der Waals surface area (Å²) in [5.41, 5.74) is 0.674. The predicted octanol–water partition coefficient (Wildman–Crippen LogP) is 3.50. The molecule has 2 aromatic heterocycles. The number of aromatic nitrogens is 4. The predicted molar refractivity (Wildman–Crippen MR) is 77.5 cm³/mol. The second-order valence-electron chi connectivity index (χ2n) is 4.51. The van der Waals surface area contributed by atoms with Crippen molar-refractivity contribution in [3.8, 4) is 11.5 Å². The SMILES string of the molecule is CCCc1nnc(SCc2nnc(-c3ccc(F)cc3)o2)o1. The molecular formula is C14H13FN4O2S. The summed E-state index contributed by atoms with van der Waals surface area (Å²) in [5, 5.41) is 16.3. The highest BCUT2D eigenvalue weighted by Crippen LogP contribution is 2.24. The average molecular weight is 320 g/mol. The van der Waals surface area contributed by atoms with Crippen LogP contribution >= 0.6 is 11.8 Å². The Bertz CT molecular complexity index is 741. The van der Waals surface area contributed by atoms with Gasteiger partial charge >= 0.3 is 0 Å². The van der Waals surface area contributed by atoms with Crippen molar-refractivity contribution >= 4 is 11.8 Å². The van der Waals surface area contributed by atoms with Crippen LogP contribution in [0.4, 0.5) is 4.39 Å². The van der Waals surface area contributed by atoms with Crippen molar-refractivity contribution in [2.24, 2.45) is 0 Å². The molecule has 0 aliphatic rings. The van der Waals surface area contributed by atoms with E-state index in [9.17, 15) is 4.39 Å². The summed E-state index contributed by atoms with van der Waals surface area (Å²) in [6.45, 7) is 2.05. The van der Waals surface area contributed by atoms with E-state index < -0.39 is 0 Å². The Balaban J connectivity index is 1.62. The van der Waals surface area contributed by atoms with E-state index in [1.165, 1.54) is 23.9 Å². The van der Waals surface area contributed by atoms with Crippen LogP contribution in [0.1, 0.15) is 25.1 Å². The maximum absolute atomic E-state index is 12.9. The fourth-order valence-corrected chi connectivity index (χ4v) is 2.37. The van der Waals surface area contributed by atoms with Gasteiger partial charge < -0.3 is 8.83 Å². The lowest BCUT2D eigenvalue weighted by atomic mass is 10.2. The highest BCUT2D eigenvalue weighted by Gasteiger charge is 2.11. The Hall–Kier alpha value is -2.22. The van der Waals surface area contributed by atoms with E-state index in [0.717, 1.165) is 12.8 Å². The van der Waals surface area contributed by atoms with Gasteiger partial charge in [-0.25, -0.2) is 4.39 Å². The lowest BCUT2D eigenvalue weighted by Gasteiger charge is -1.94. The highest BCUT2D eigenvalue weighted by atomic mass is 32.2. The van der Waals surface area contributed by atoms with Crippen LogP contribution in [0.25, 0.3) is 11.5 Å². The summed E-state index contributed by atoms with van der Waals surface area (Å²) in [6.07, 6.45) is 1.72. The molecule has 3 aromatic rings. The van der Waals surface area contributed by atoms with Crippen LogP contribution in [0.2, 0.25) is 0 Å². The number of hydrogen-bond acceptors (Lipinski definition) is 7. The molecule has 0 aliphatic heterocycles. The molecule has 2 heterocycles. The summed E-state index contributed by atoms with van der Waals surface area (Å²) >= 11 is 1.33. The van der Waals surface area contributed by atoms with Gasteiger partial charge in [-0.05, 0) is 30.7 Å². The van der Waals surface area contributed by atoms with Crippen LogP contribution in [-0.4, -0.2) is 20.4 Å². The molecule has 0 unspecified atom stereocenters. The number of rotatable bonds is 6. The van der Waals surface area contributed by atoms with Gasteiger partial charge in [0.2, 0.25) is 17.7 Å². The van der Waals surface area contributed by atoms with Gasteiger partial charge in [-0.1, -0.05) is 18.7 Å². The molecule has 0 N–H and O–H groups in total. The van der Waals surface area contributed by atoms with Crippen LogP contribution in [0.15, 0.2) is 38.3 Å². The lowest BCUT2D eigenvalue weighted by molar-refractivity contribution is 0.411. The third-order valence-corrected chi connectivity index (χ3v) is 3.59.